The minimum Gasteiger partial charge on any atom is -0.461 e. The molecule has 2 aliphatic carbocycles. The molecule has 1 saturated carbocycles. The van der Waals surface area contributed by atoms with Crippen LogP contribution in [0.2, 0.25) is 0 Å². The van der Waals surface area contributed by atoms with Crippen LogP contribution in [-0.4, -0.2) is 82.8 Å². The zero-order valence-corrected chi connectivity index (χ0v) is 25.8. The van der Waals surface area contributed by atoms with Gasteiger partial charge in [-0.05, 0) is 66.8 Å². The molecule has 4 fully saturated rings. The molecule has 8 rings (SSSR count). The molecule has 5 atom stereocenters. The number of carbonyl (C=O) groups excluding carboxylic acids is 1. The molecule has 0 bridgehead atoms. The van der Waals surface area contributed by atoms with E-state index in [0.29, 0.717) is 30.4 Å². The number of rotatable bonds is 7. The molecule has 3 aromatic rings. The number of nitriles is 1. The van der Waals surface area contributed by atoms with E-state index in [1.807, 2.05) is 18.2 Å². The number of hydrogen-bond donors (Lipinski definition) is 0. The Morgan fingerprint density at radius 2 is 2.04 bits per heavy atom. The van der Waals surface area contributed by atoms with Crippen molar-refractivity contribution in [2.45, 2.75) is 62.2 Å². The van der Waals surface area contributed by atoms with Gasteiger partial charge >= 0.3 is 6.01 Å². The maximum Gasteiger partial charge on any atom is 0.319 e. The normalized spacial score (nSPS) is 27.8. The Hall–Kier alpha value is -4.24. The van der Waals surface area contributed by atoms with Crippen molar-refractivity contribution in [2.75, 3.05) is 44.2 Å². The molecule has 3 aliphatic heterocycles. The Bertz CT molecular complexity index is 1860. The van der Waals surface area contributed by atoms with Crippen LogP contribution in [0.25, 0.3) is 22.0 Å². The summed E-state index contributed by atoms with van der Waals surface area (Å²) in [4.78, 5) is 26.7. The van der Waals surface area contributed by atoms with Crippen LogP contribution in [0.5, 0.6) is 6.01 Å². The van der Waals surface area contributed by atoms with Crippen LogP contribution in [0, 0.1) is 28.9 Å². The van der Waals surface area contributed by atoms with Gasteiger partial charge in [0.2, 0.25) is 0 Å². The Balaban J connectivity index is 1.22. The predicted octanol–water partition coefficient (Wildman–Crippen LogP) is 5.60. The number of piperazine rings is 1. The number of nitrogens with zero attached hydrogens (tertiary/aromatic N) is 6. The first-order valence-corrected chi connectivity index (χ1v) is 16.3. The van der Waals surface area contributed by atoms with E-state index in [-0.39, 0.29) is 61.0 Å². The van der Waals surface area contributed by atoms with E-state index >= 15 is 8.78 Å². The average Bonchev–Trinajstić information content (AvgIpc) is 3.39. The lowest BCUT2D eigenvalue weighted by Gasteiger charge is -2.41. The summed E-state index contributed by atoms with van der Waals surface area (Å²) < 4.78 is 67.4. The second kappa shape index (κ2) is 11.2. The lowest BCUT2D eigenvalue weighted by Crippen LogP contribution is -2.55. The molecule has 47 heavy (non-hydrogen) atoms. The number of carbonyl (C=O) groups is 1. The lowest BCUT2D eigenvalue weighted by molar-refractivity contribution is -0.131. The highest BCUT2D eigenvalue weighted by Gasteiger charge is 2.50. The van der Waals surface area contributed by atoms with Gasteiger partial charge in [-0.1, -0.05) is 24.8 Å². The van der Waals surface area contributed by atoms with Crippen molar-refractivity contribution in [2.24, 2.45) is 5.92 Å². The molecule has 3 saturated heterocycles. The van der Waals surface area contributed by atoms with Crippen LogP contribution in [-0.2, 0) is 11.2 Å². The summed E-state index contributed by atoms with van der Waals surface area (Å²) in [5, 5.41) is 9.61. The van der Waals surface area contributed by atoms with Gasteiger partial charge in [0.15, 0.2) is 11.6 Å². The zero-order valence-electron chi connectivity index (χ0n) is 25.8. The fraction of sp³-hybridized carbons (Fsp3) is 0.486. The number of alkyl halides is 1. The van der Waals surface area contributed by atoms with E-state index < -0.39 is 41.1 Å². The second-order valence-corrected chi connectivity index (χ2v) is 13.7. The summed E-state index contributed by atoms with van der Waals surface area (Å²) in [6.45, 7) is 4.56. The first-order valence-electron chi connectivity index (χ1n) is 16.3. The quantitative estimate of drug-likeness (QED) is 0.244. The Labute approximate surface area is 269 Å². The van der Waals surface area contributed by atoms with Crippen LogP contribution >= 0.6 is 0 Å². The maximum atomic E-state index is 16.8. The predicted molar refractivity (Wildman–Crippen MR) is 166 cm³/mol. The third kappa shape index (κ3) is 4.93. The molecule has 244 valence electrons. The van der Waals surface area contributed by atoms with E-state index in [1.165, 1.54) is 11.0 Å². The largest absolute Gasteiger partial charge is 0.461 e. The van der Waals surface area contributed by atoms with Gasteiger partial charge < -0.3 is 14.5 Å². The molecular weight excluding hydrogens is 612 g/mol. The fourth-order valence-electron chi connectivity index (χ4n) is 8.64. The van der Waals surface area contributed by atoms with Crippen molar-refractivity contribution in [3.05, 3.63) is 59.4 Å². The van der Waals surface area contributed by atoms with E-state index in [2.05, 4.69) is 21.4 Å². The summed E-state index contributed by atoms with van der Waals surface area (Å²) in [5.74, 6) is -2.47. The zero-order chi connectivity index (χ0) is 32.6. The van der Waals surface area contributed by atoms with Crippen molar-refractivity contribution in [1.29, 1.82) is 5.26 Å². The van der Waals surface area contributed by atoms with Gasteiger partial charge in [0.05, 0.1) is 29.6 Å². The summed E-state index contributed by atoms with van der Waals surface area (Å²) in [7, 11) is 0. The Morgan fingerprint density at radius 1 is 1.19 bits per heavy atom. The van der Waals surface area contributed by atoms with Crippen LogP contribution in [0.4, 0.5) is 23.4 Å². The standard InChI is InChI=1S/C35H34F4N6O2/c1-19(36)33(46)45-11-10-43(17-22(45)6-8-40)32-27-14-28(38)29(24-5-2-4-23-25-12-20(25)13-26(23)24)30(39)31(27)41-34(42-32)47-18-35-7-3-9-44(35)16-21(37)15-35/h2,4-5,14,20-22,25H,1,3,6-7,9-13,15-18H2/t20?,21-,22+,25?,35+/m1/s1. The van der Waals surface area contributed by atoms with Crippen molar-refractivity contribution >= 4 is 22.6 Å². The molecular formula is C35H34F4N6O2. The topological polar surface area (TPSA) is 85.6 Å². The minimum absolute atomic E-state index is 0.0350. The smallest absolute Gasteiger partial charge is 0.319 e. The SMILES string of the molecule is C=C(F)C(=O)N1CCN(c2nc(OC[C@@]34CCCN3C[C@H](F)C4)nc3c(F)c(-c4cccc5c4CC4CC54)c(F)cc23)C[C@@H]1CC#N. The highest BCUT2D eigenvalue weighted by molar-refractivity contribution is 5.95. The summed E-state index contributed by atoms with van der Waals surface area (Å²) >= 11 is 0. The number of benzene rings is 2. The van der Waals surface area contributed by atoms with Crippen LogP contribution in [0.15, 0.2) is 36.7 Å². The minimum atomic E-state index is -1.13. The van der Waals surface area contributed by atoms with Crippen LogP contribution in [0.3, 0.4) is 0 Å². The van der Waals surface area contributed by atoms with Crippen molar-refractivity contribution in [3.63, 3.8) is 0 Å². The molecule has 1 amide bonds. The van der Waals surface area contributed by atoms with Gasteiger partial charge in [0, 0.05) is 38.0 Å². The number of fused-ring (bicyclic) bond motifs is 5. The van der Waals surface area contributed by atoms with Gasteiger partial charge in [-0.2, -0.15) is 15.2 Å². The van der Waals surface area contributed by atoms with Gasteiger partial charge in [-0.3, -0.25) is 9.69 Å². The van der Waals surface area contributed by atoms with Crippen molar-refractivity contribution in [1.82, 2.24) is 19.8 Å². The molecule has 0 spiro atoms. The van der Waals surface area contributed by atoms with E-state index in [1.54, 1.807) is 11.0 Å². The molecule has 2 aromatic carbocycles. The number of halogens is 4. The second-order valence-electron chi connectivity index (χ2n) is 13.7. The number of hydrogen-bond acceptors (Lipinski definition) is 7. The molecule has 5 aliphatic rings. The Morgan fingerprint density at radius 3 is 2.85 bits per heavy atom. The van der Waals surface area contributed by atoms with E-state index in [0.717, 1.165) is 43.4 Å². The van der Waals surface area contributed by atoms with Gasteiger partial charge in [0.25, 0.3) is 5.91 Å². The maximum absolute atomic E-state index is 16.8. The lowest BCUT2D eigenvalue weighted by atomic mass is 9.93. The molecule has 0 N–H and O–H groups in total. The molecule has 12 heteroatoms. The summed E-state index contributed by atoms with van der Waals surface area (Å²) in [6.07, 6.45) is 2.80. The van der Waals surface area contributed by atoms with Crippen LogP contribution < -0.4 is 9.64 Å². The molecule has 1 aromatic heterocycles. The van der Waals surface area contributed by atoms with Gasteiger partial charge in [-0.25, -0.2) is 17.6 Å². The first kappa shape index (κ1) is 30.1. The number of amides is 1. The molecule has 2 unspecified atom stereocenters. The fourth-order valence-corrected chi connectivity index (χ4v) is 8.64. The molecule has 8 nitrogen and oxygen atoms in total. The Kier molecular flexibility index (Phi) is 7.17. The summed E-state index contributed by atoms with van der Waals surface area (Å²) in [5.41, 5.74) is 1.85. The van der Waals surface area contributed by atoms with E-state index in [4.69, 9.17) is 4.74 Å². The first-order chi connectivity index (χ1) is 22.7. The van der Waals surface area contributed by atoms with Crippen LogP contribution in [0.1, 0.15) is 49.1 Å². The monoisotopic (exact) mass is 646 g/mol. The van der Waals surface area contributed by atoms with Gasteiger partial charge in [0.1, 0.15) is 29.9 Å². The number of anilines is 1. The average molecular weight is 647 g/mol. The summed E-state index contributed by atoms with van der Waals surface area (Å²) in [6, 6.07) is 8.06. The third-order valence-corrected chi connectivity index (χ3v) is 10.9. The van der Waals surface area contributed by atoms with E-state index in [9.17, 15) is 18.8 Å². The van der Waals surface area contributed by atoms with Gasteiger partial charge in [-0.15, -0.1) is 0 Å². The molecule has 0 radical (unpaired) electrons. The number of ether oxygens (including phenoxy) is 1. The number of aromatic nitrogens is 2. The highest BCUT2D eigenvalue weighted by Crippen LogP contribution is 2.58. The molecule has 4 heterocycles. The van der Waals surface area contributed by atoms with Crippen molar-refractivity contribution in [3.8, 4) is 23.2 Å². The third-order valence-electron chi connectivity index (χ3n) is 10.9. The van der Waals surface area contributed by atoms with Crippen molar-refractivity contribution < 1.29 is 27.1 Å². The highest BCUT2D eigenvalue weighted by atomic mass is 19.1.